The molecule has 0 fully saturated rings. The van der Waals surface area contributed by atoms with Crippen LogP contribution < -0.4 is 11.2 Å². The maximum atomic E-state index is 12.2. The summed E-state index contributed by atoms with van der Waals surface area (Å²) in [4.78, 5) is 10.4. The summed E-state index contributed by atoms with van der Waals surface area (Å²) in [6.45, 7) is -5.21. The third kappa shape index (κ3) is 2.18. The molecule has 0 aliphatic rings. The maximum Gasteiger partial charge on any atom is 0.509 e. The van der Waals surface area contributed by atoms with Gasteiger partial charge in [-0.1, -0.05) is 12.1 Å². The van der Waals surface area contributed by atoms with Gasteiger partial charge < -0.3 is 23.8 Å². The summed E-state index contributed by atoms with van der Waals surface area (Å²) in [6.07, 6.45) is 0. The van der Waals surface area contributed by atoms with Gasteiger partial charge in [0.25, 0.3) is 0 Å². The number of nitrogens with two attached hydrogens (primary N) is 1. The van der Waals surface area contributed by atoms with E-state index in [4.69, 9.17) is 10.8 Å². The van der Waals surface area contributed by atoms with Crippen LogP contribution >= 0.6 is 0 Å². The third-order valence-corrected chi connectivity index (χ3v) is 1.60. The minimum Gasteiger partial charge on any atom is -0.478 e. The van der Waals surface area contributed by atoms with E-state index in [0.717, 1.165) is 6.07 Å². The predicted octanol–water partition coefficient (Wildman–Crippen LogP) is 1.02. The molecular weight excluding hydrogens is 198 g/mol. The number of anilines is 1. The normalized spacial score (nSPS) is 11.4. The molecule has 0 radical (unpaired) electrons. The van der Waals surface area contributed by atoms with Crippen molar-refractivity contribution in [2.75, 3.05) is 5.73 Å². The Bertz CT molecular complexity index is 378. The Balaban J connectivity index is 3.28. The predicted molar refractivity (Wildman–Crippen MR) is 46.5 cm³/mol. The van der Waals surface area contributed by atoms with Crippen LogP contribution in [0, 0.1) is 0 Å². The van der Waals surface area contributed by atoms with Crippen LogP contribution in [0.3, 0.4) is 0 Å². The first-order valence-electron chi connectivity index (χ1n) is 3.64. The highest BCUT2D eigenvalue weighted by Crippen LogP contribution is 2.13. The van der Waals surface area contributed by atoms with Crippen molar-refractivity contribution in [2.45, 2.75) is 0 Å². The quantitative estimate of drug-likeness (QED) is 0.558. The Morgan fingerprint density at radius 3 is 2.29 bits per heavy atom. The van der Waals surface area contributed by atoms with E-state index in [0.29, 0.717) is 12.1 Å². The summed E-state index contributed by atoms with van der Waals surface area (Å²) >= 11 is 0. The number of rotatable bonds is 2. The zero-order chi connectivity index (χ0) is 10.9. The smallest absolute Gasteiger partial charge is 0.478 e. The summed E-state index contributed by atoms with van der Waals surface area (Å²) in [6, 6.07) is 2.26. The minimum atomic E-state index is -5.21. The summed E-state index contributed by atoms with van der Waals surface area (Å²) in [7, 11) is 0. The van der Waals surface area contributed by atoms with E-state index in [1.54, 1.807) is 0 Å². The molecule has 0 spiro atoms. The average molecular weight is 204 g/mol. The second-order valence-corrected chi connectivity index (χ2v) is 2.77. The molecule has 1 rings (SSSR count). The third-order valence-electron chi connectivity index (χ3n) is 1.60. The fraction of sp³-hybridized carbons (Fsp3) is 0. The molecule has 0 amide bonds. The minimum absolute atomic E-state index is 0.209. The van der Waals surface area contributed by atoms with Crippen molar-refractivity contribution in [3.8, 4) is 0 Å². The lowest BCUT2D eigenvalue weighted by molar-refractivity contribution is 0.0697. The molecule has 1 aromatic rings. The Morgan fingerprint density at radius 1 is 1.29 bits per heavy atom. The van der Waals surface area contributed by atoms with Gasteiger partial charge in [-0.3, -0.25) is 0 Å². The highest BCUT2D eigenvalue weighted by Gasteiger charge is 2.26. The second kappa shape index (κ2) is 3.24. The zero-order valence-corrected chi connectivity index (χ0v) is 6.88. The molecule has 3 N–H and O–H groups in total. The van der Waals surface area contributed by atoms with Crippen molar-refractivity contribution in [3.05, 3.63) is 23.8 Å². The first-order chi connectivity index (χ1) is 6.30. The van der Waals surface area contributed by atoms with Crippen molar-refractivity contribution in [3.63, 3.8) is 0 Å². The van der Waals surface area contributed by atoms with Crippen LogP contribution in [-0.4, -0.2) is 18.1 Å². The Hall–Kier alpha value is -1.66. The van der Waals surface area contributed by atoms with E-state index < -0.39 is 24.0 Å². The number of halogens is 3. The molecule has 0 aliphatic heterocycles. The van der Waals surface area contributed by atoms with Crippen LogP contribution in [0.1, 0.15) is 10.4 Å². The molecular formula is C7H6BF3NO2-. The number of nitrogen functional groups attached to an aromatic ring is 1. The van der Waals surface area contributed by atoms with Gasteiger partial charge in [-0.05, 0) is 6.07 Å². The lowest BCUT2D eigenvalue weighted by Crippen LogP contribution is -2.34. The SMILES string of the molecule is Nc1cc(C(=O)O)cc([B-](F)(F)F)c1. The largest absolute Gasteiger partial charge is 0.509 e. The van der Waals surface area contributed by atoms with Crippen LogP contribution in [0.4, 0.5) is 18.6 Å². The van der Waals surface area contributed by atoms with Gasteiger partial charge in [0.15, 0.2) is 0 Å². The number of hydrogen-bond donors (Lipinski definition) is 2. The molecule has 76 valence electrons. The maximum absolute atomic E-state index is 12.2. The fourth-order valence-electron chi connectivity index (χ4n) is 0.989. The number of benzene rings is 1. The summed E-state index contributed by atoms with van der Waals surface area (Å²) in [5, 5.41) is 8.48. The highest BCUT2D eigenvalue weighted by molar-refractivity contribution is 6.73. The van der Waals surface area contributed by atoms with Gasteiger partial charge in [0.2, 0.25) is 0 Å². The highest BCUT2D eigenvalue weighted by atomic mass is 19.4. The van der Waals surface area contributed by atoms with E-state index in [1.165, 1.54) is 0 Å². The van der Waals surface area contributed by atoms with Crippen molar-refractivity contribution < 1.29 is 22.8 Å². The monoisotopic (exact) mass is 204 g/mol. The number of carboxylic acids is 1. The first kappa shape index (κ1) is 10.4. The number of aromatic carboxylic acids is 1. The van der Waals surface area contributed by atoms with Gasteiger partial charge in [-0.25, -0.2) is 4.79 Å². The van der Waals surface area contributed by atoms with Crippen molar-refractivity contribution in [2.24, 2.45) is 0 Å². The van der Waals surface area contributed by atoms with Gasteiger partial charge in [0.1, 0.15) is 0 Å². The second-order valence-electron chi connectivity index (χ2n) is 2.77. The zero-order valence-electron chi connectivity index (χ0n) is 6.88. The molecule has 0 bridgehead atoms. The average Bonchev–Trinajstić information content (AvgIpc) is 2.01. The number of hydrogen-bond acceptors (Lipinski definition) is 2. The van der Waals surface area contributed by atoms with Crippen LogP contribution in [0.5, 0.6) is 0 Å². The molecule has 3 nitrogen and oxygen atoms in total. The number of carboxylic acid groups (broad SMARTS) is 1. The molecule has 0 saturated heterocycles. The molecule has 0 saturated carbocycles. The molecule has 0 unspecified atom stereocenters. The van der Waals surface area contributed by atoms with Gasteiger partial charge in [0.05, 0.1) is 5.56 Å². The van der Waals surface area contributed by atoms with Gasteiger partial charge in [0, 0.05) is 5.69 Å². The summed E-state index contributed by atoms with van der Waals surface area (Å²) in [5.41, 5.74) is 3.47. The summed E-state index contributed by atoms with van der Waals surface area (Å²) < 4.78 is 36.7. The Labute approximate surface area is 77.4 Å². The van der Waals surface area contributed by atoms with Crippen molar-refractivity contribution in [1.82, 2.24) is 0 Å². The van der Waals surface area contributed by atoms with Crippen LogP contribution in [0.15, 0.2) is 18.2 Å². The molecule has 0 heterocycles. The Morgan fingerprint density at radius 2 is 1.86 bits per heavy atom. The van der Waals surface area contributed by atoms with E-state index in [9.17, 15) is 17.7 Å². The standard InChI is InChI=1S/C7H6BF3NO2/c9-8(10,11)5-1-4(7(13)14)2-6(12)3-5/h1-3H,12H2,(H,13,14)/q-1. The van der Waals surface area contributed by atoms with Gasteiger partial charge in [-0.2, -0.15) is 0 Å². The Kier molecular flexibility index (Phi) is 2.42. The molecule has 0 aromatic heterocycles. The van der Waals surface area contributed by atoms with E-state index in [2.05, 4.69) is 0 Å². The van der Waals surface area contributed by atoms with Crippen molar-refractivity contribution >= 4 is 24.1 Å². The van der Waals surface area contributed by atoms with E-state index >= 15 is 0 Å². The molecule has 0 atom stereocenters. The van der Waals surface area contributed by atoms with E-state index in [1.807, 2.05) is 0 Å². The lowest BCUT2D eigenvalue weighted by Gasteiger charge is -2.15. The fourth-order valence-corrected chi connectivity index (χ4v) is 0.989. The van der Waals surface area contributed by atoms with Crippen molar-refractivity contribution in [1.29, 1.82) is 0 Å². The van der Waals surface area contributed by atoms with E-state index in [-0.39, 0.29) is 5.69 Å². The first-order valence-corrected chi connectivity index (χ1v) is 3.64. The molecule has 7 heteroatoms. The molecule has 0 aliphatic carbocycles. The van der Waals surface area contributed by atoms with Crippen LogP contribution in [0.2, 0.25) is 0 Å². The molecule has 14 heavy (non-hydrogen) atoms. The topological polar surface area (TPSA) is 63.3 Å². The molecule has 1 aromatic carbocycles. The number of carbonyl (C=O) groups is 1. The summed E-state index contributed by atoms with van der Waals surface area (Å²) in [5.74, 6) is -1.43. The van der Waals surface area contributed by atoms with Gasteiger partial charge in [-0.15, -0.1) is 5.46 Å². The van der Waals surface area contributed by atoms with Gasteiger partial charge >= 0.3 is 12.9 Å². The van der Waals surface area contributed by atoms with Crippen LogP contribution in [-0.2, 0) is 0 Å². The lowest BCUT2D eigenvalue weighted by atomic mass is 9.79. The van der Waals surface area contributed by atoms with Crippen LogP contribution in [0.25, 0.3) is 0 Å².